The Labute approximate surface area is 217 Å². The molecule has 0 aromatic heterocycles. The standard InChI is InChI=1S/C29H47NO6/c1-9-27(6)17-29(34-19-26(5,18-31-8)20-35-29)22(4)28(7,10-2)30(27)36-21(3)23-11-13-24(14-12-23)32-15-25-16-33-25/h11-14,21-22,25H,9-10,15-20H2,1-8H3. The van der Waals surface area contributed by atoms with E-state index in [9.17, 15) is 0 Å². The number of hydroxylamine groups is 2. The summed E-state index contributed by atoms with van der Waals surface area (Å²) < 4.78 is 29.8. The van der Waals surface area contributed by atoms with Gasteiger partial charge in [0.25, 0.3) is 0 Å². The lowest BCUT2D eigenvalue weighted by Crippen LogP contribution is -2.74. The van der Waals surface area contributed by atoms with Gasteiger partial charge in [-0.05, 0) is 51.3 Å². The van der Waals surface area contributed by atoms with Crippen molar-refractivity contribution >= 4 is 0 Å². The van der Waals surface area contributed by atoms with Crippen molar-refractivity contribution < 1.29 is 28.5 Å². The summed E-state index contributed by atoms with van der Waals surface area (Å²) in [6.07, 6.45) is 2.72. The summed E-state index contributed by atoms with van der Waals surface area (Å²) in [5, 5.41) is 2.28. The van der Waals surface area contributed by atoms with Gasteiger partial charge in [-0.2, -0.15) is 5.06 Å². The first-order valence-electron chi connectivity index (χ1n) is 13.6. The predicted molar refractivity (Wildman–Crippen MR) is 139 cm³/mol. The van der Waals surface area contributed by atoms with E-state index in [1.54, 1.807) is 7.11 Å². The minimum Gasteiger partial charge on any atom is -0.491 e. The zero-order chi connectivity index (χ0) is 26.2. The summed E-state index contributed by atoms with van der Waals surface area (Å²) in [7, 11) is 1.74. The number of piperidine rings is 1. The van der Waals surface area contributed by atoms with Crippen molar-refractivity contribution in [3.63, 3.8) is 0 Å². The Morgan fingerprint density at radius 1 is 1.06 bits per heavy atom. The molecule has 7 nitrogen and oxygen atoms in total. The van der Waals surface area contributed by atoms with E-state index < -0.39 is 5.79 Å². The number of methoxy groups -OCH3 is 1. The van der Waals surface area contributed by atoms with Crippen LogP contribution >= 0.6 is 0 Å². The van der Waals surface area contributed by atoms with Crippen LogP contribution in [0.15, 0.2) is 24.3 Å². The van der Waals surface area contributed by atoms with Crippen LogP contribution in [0.2, 0.25) is 0 Å². The average molecular weight is 506 g/mol. The van der Waals surface area contributed by atoms with Crippen LogP contribution in [0.3, 0.4) is 0 Å². The molecule has 1 aromatic rings. The lowest BCUT2D eigenvalue weighted by molar-refractivity contribution is -0.416. The molecule has 3 aliphatic heterocycles. The molecule has 0 aliphatic carbocycles. The molecular weight excluding hydrogens is 458 g/mol. The molecule has 204 valence electrons. The van der Waals surface area contributed by atoms with Gasteiger partial charge < -0.3 is 23.7 Å². The summed E-state index contributed by atoms with van der Waals surface area (Å²) in [4.78, 5) is 6.86. The molecule has 5 unspecified atom stereocenters. The third kappa shape index (κ3) is 5.33. The first-order valence-corrected chi connectivity index (χ1v) is 13.6. The van der Waals surface area contributed by atoms with Crippen LogP contribution in [0.4, 0.5) is 0 Å². The number of hydrogen-bond donors (Lipinski definition) is 0. The fourth-order valence-corrected chi connectivity index (χ4v) is 5.86. The fraction of sp³-hybridized carbons (Fsp3) is 0.793. The maximum absolute atomic E-state index is 6.86. The molecule has 4 rings (SSSR count). The van der Waals surface area contributed by atoms with Crippen molar-refractivity contribution in [2.24, 2.45) is 11.3 Å². The predicted octanol–water partition coefficient (Wildman–Crippen LogP) is 5.53. The second-order valence-corrected chi connectivity index (χ2v) is 12.0. The lowest BCUT2D eigenvalue weighted by atomic mass is 9.67. The second kappa shape index (κ2) is 10.5. The minimum absolute atomic E-state index is 0.106. The minimum atomic E-state index is -0.643. The Hall–Kier alpha value is -1.22. The monoisotopic (exact) mass is 505 g/mol. The highest BCUT2D eigenvalue weighted by Gasteiger charge is 2.63. The van der Waals surface area contributed by atoms with Gasteiger partial charge in [0, 0.05) is 30.4 Å². The quantitative estimate of drug-likeness (QED) is 0.387. The van der Waals surface area contributed by atoms with Crippen LogP contribution < -0.4 is 4.74 Å². The van der Waals surface area contributed by atoms with Crippen molar-refractivity contribution in [3.05, 3.63) is 29.8 Å². The Bertz CT molecular complexity index is 865. The first-order chi connectivity index (χ1) is 17.0. The largest absolute Gasteiger partial charge is 0.491 e. The van der Waals surface area contributed by atoms with Gasteiger partial charge in [-0.1, -0.05) is 39.8 Å². The Morgan fingerprint density at radius 3 is 2.22 bits per heavy atom. The van der Waals surface area contributed by atoms with E-state index in [0.717, 1.165) is 37.2 Å². The second-order valence-electron chi connectivity index (χ2n) is 12.0. The Balaban J connectivity index is 1.52. The van der Waals surface area contributed by atoms with Crippen molar-refractivity contribution in [1.82, 2.24) is 5.06 Å². The van der Waals surface area contributed by atoms with Crippen LogP contribution in [0.5, 0.6) is 5.75 Å². The van der Waals surface area contributed by atoms with Crippen molar-refractivity contribution in [2.75, 3.05) is 40.1 Å². The number of epoxide rings is 1. The van der Waals surface area contributed by atoms with Crippen molar-refractivity contribution in [3.8, 4) is 5.75 Å². The van der Waals surface area contributed by atoms with Gasteiger partial charge in [-0.25, -0.2) is 0 Å². The molecule has 0 amide bonds. The molecule has 3 saturated heterocycles. The summed E-state index contributed by atoms with van der Waals surface area (Å²) in [6.45, 7) is 18.9. The smallest absolute Gasteiger partial charge is 0.174 e. The molecular formula is C29H47NO6. The first kappa shape index (κ1) is 27.8. The molecule has 0 radical (unpaired) electrons. The van der Waals surface area contributed by atoms with Gasteiger partial charge in [0.05, 0.1) is 32.0 Å². The van der Waals surface area contributed by atoms with E-state index >= 15 is 0 Å². The number of ether oxygens (including phenoxy) is 5. The number of nitrogens with zero attached hydrogens (tertiary/aromatic N) is 1. The summed E-state index contributed by atoms with van der Waals surface area (Å²) in [6, 6.07) is 8.23. The molecule has 1 spiro atoms. The normalized spacial score (nSPS) is 39.8. The summed E-state index contributed by atoms with van der Waals surface area (Å²) in [5.74, 6) is 0.323. The van der Waals surface area contributed by atoms with Crippen molar-refractivity contribution in [1.29, 1.82) is 0 Å². The lowest BCUT2D eigenvalue weighted by Gasteiger charge is -2.64. The summed E-state index contributed by atoms with van der Waals surface area (Å²) in [5.41, 5.74) is 0.456. The molecule has 0 saturated carbocycles. The molecule has 5 atom stereocenters. The molecule has 0 bridgehead atoms. The van der Waals surface area contributed by atoms with E-state index in [-0.39, 0.29) is 34.6 Å². The van der Waals surface area contributed by atoms with E-state index in [4.69, 9.17) is 28.5 Å². The van der Waals surface area contributed by atoms with Gasteiger partial charge in [0.15, 0.2) is 5.79 Å². The van der Waals surface area contributed by atoms with Crippen molar-refractivity contribution in [2.45, 2.75) is 96.8 Å². The average Bonchev–Trinajstić information content (AvgIpc) is 3.71. The topological polar surface area (TPSA) is 61.9 Å². The van der Waals surface area contributed by atoms with Crippen LogP contribution in [-0.2, 0) is 23.8 Å². The van der Waals surface area contributed by atoms with Gasteiger partial charge >= 0.3 is 0 Å². The van der Waals surface area contributed by atoms with E-state index in [1.807, 2.05) is 12.1 Å². The van der Waals surface area contributed by atoms with E-state index in [1.165, 1.54) is 0 Å². The van der Waals surface area contributed by atoms with Crippen LogP contribution in [-0.4, -0.2) is 68.2 Å². The summed E-state index contributed by atoms with van der Waals surface area (Å²) >= 11 is 0. The van der Waals surface area contributed by atoms with Gasteiger partial charge in [0.1, 0.15) is 24.6 Å². The van der Waals surface area contributed by atoms with E-state index in [2.05, 4.69) is 65.7 Å². The van der Waals surface area contributed by atoms with E-state index in [0.29, 0.717) is 26.4 Å². The van der Waals surface area contributed by atoms with Crippen LogP contribution in [0.25, 0.3) is 0 Å². The maximum Gasteiger partial charge on any atom is 0.174 e. The highest BCUT2D eigenvalue weighted by atomic mass is 16.7. The van der Waals surface area contributed by atoms with Crippen LogP contribution in [0.1, 0.15) is 79.4 Å². The van der Waals surface area contributed by atoms with Gasteiger partial charge in [-0.3, -0.25) is 4.84 Å². The SMILES string of the molecule is CCC1(C)CC2(OCC(C)(COC)CO2)C(C)C(C)(CC)N1OC(C)c1ccc(OCC2CO2)cc1. The number of rotatable bonds is 10. The molecule has 1 aromatic carbocycles. The van der Waals surface area contributed by atoms with Crippen LogP contribution in [0, 0.1) is 11.3 Å². The van der Waals surface area contributed by atoms with Gasteiger partial charge in [-0.15, -0.1) is 0 Å². The number of hydrogen-bond acceptors (Lipinski definition) is 7. The molecule has 0 N–H and O–H groups in total. The van der Waals surface area contributed by atoms with Gasteiger partial charge in [0.2, 0.25) is 0 Å². The highest BCUT2D eigenvalue weighted by Crippen LogP contribution is 2.54. The Kier molecular flexibility index (Phi) is 8.11. The molecule has 36 heavy (non-hydrogen) atoms. The Morgan fingerprint density at radius 2 is 1.69 bits per heavy atom. The third-order valence-electron chi connectivity index (χ3n) is 8.93. The molecule has 3 fully saturated rings. The zero-order valence-corrected chi connectivity index (χ0v) is 23.6. The molecule has 3 heterocycles. The zero-order valence-electron chi connectivity index (χ0n) is 23.6. The molecule has 7 heteroatoms. The maximum atomic E-state index is 6.86. The molecule has 3 aliphatic rings. The highest BCUT2D eigenvalue weighted by molar-refractivity contribution is 5.28. The number of benzene rings is 1. The fourth-order valence-electron chi connectivity index (χ4n) is 5.86. The third-order valence-corrected chi connectivity index (χ3v) is 8.93.